The van der Waals surface area contributed by atoms with Crippen molar-refractivity contribution in [2.75, 3.05) is 6.54 Å². The van der Waals surface area contributed by atoms with Crippen LogP contribution in [0.5, 0.6) is 0 Å². The van der Waals surface area contributed by atoms with Crippen molar-refractivity contribution in [3.8, 4) is 0 Å². The minimum absolute atomic E-state index is 0.0953. The van der Waals surface area contributed by atoms with Gasteiger partial charge in [0.15, 0.2) is 0 Å². The molecule has 0 bridgehead atoms. The monoisotopic (exact) mass is 242 g/mol. The van der Waals surface area contributed by atoms with Crippen LogP contribution >= 0.6 is 0 Å². The Bertz CT molecular complexity index is 423. The van der Waals surface area contributed by atoms with Crippen LogP contribution in [-0.2, 0) is 18.4 Å². The summed E-state index contributed by atoms with van der Waals surface area (Å²) in [5.74, 6) is -0.283. The van der Waals surface area contributed by atoms with Crippen LogP contribution in [0.2, 0.25) is 0 Å². The van der Waals surface area contributed by atoms with E-state index in [9.17, 15) is 14.7 Å². The number of rotatable bonds is 6. The van der Waals surface area contributed by atoms with E-state index in [2.05, 4.69) is 10.4 Å². The van der Waals surface area contributed by atoms with E-state index in [0.29, 0.717) is 19.4 Å². The summed E-state index contributed by atoms with van der Waals surface area (Å²) in [6.45, 7) is 2.18. The molecule has 1 aromatic heterocycles. The van der Waals surface area contributed by atoms with Gasteiger partial charge in [0.1, 0.15) is 12.9 Å². The molecule has 0 radical (unpaired) electrons. The minimum atomic E-state index is -0.395. The van der Waals surface area contributed by atoms with E-state index in [0.717, 1.165) is 4.68 Å². The maximum atomic E-state index is 11.4. The molecule has 1 unspecified atom stereocenters. The van der Waals surface area contributed by atoms with Crippen molar-refractivity contribution < 1.29 is 9.90 Å². The van der Waals surface area contributed by atoms with Crippen LogP contribution in [0.3, 0.4) is 0 Å². The highest BCUT2D eigenvalue weighted by atomic mass is 16.3. The van der Waals surface area contributed by atoms with Crippen molar-refractivity contribution in [3.63, 3.8) is 0 Å². The second-order valence-corrected chi connectivity index (χ2v) is 3.88. The first-order valence-electron chi connectivity index (χ1n) is 5.57. The molecule has 96 valence electrons. The lowest BCUT2D eigenvalue weighted by molar-refractivity contribution is -0.121. The van der Waals surface area contributed by atoms with Crippen molar-refractivity contribution >= 4 is 5.91 Å². The number of carbonyl (C=O) groups is 1. The van der Waals surface area contributed by atoms with Gasteiger partial charge in [0.05, 0.1) is 6.10 Å². The second kappa shape index (κ2) is 6.19. The van der Waals surface area contributed by atoms with Gasteiger partial charge in [0.2, 0.25) is 5.91 Å². The molecule has 1 atom stereocenters. The number of nitrogens with one attached hydrogen (secondary N) is 1. The zero-order valence-electron chi connectivity index (χ0n) is 10.1. The van der Waals surface area contributed by atoms with Crippen molar-refractivity contribution in [1.82, 2.24) is 19.7 Å². The van der Waals surface area contributed by atoms with Crippen molar-refractivity contribution in [3.05, 3.63) is 16.8 Å². The molecular weight excluding hydrogens is 224 g/mol. The first-order valence-corrected chi connectivity index (χ1v) is 5.57. The van der Waals surface area contributed by atoms with Crippen LogP contribution in [-0.4, -0.2) is 38.0 Å². The Hall–Kier alpha value is -1.63. The predicted molar refractivity (Wildman–Crippen MR) is 61.4 cm³/mol. The summed E-state index contributed by atoms with van der Waals surface area (Å²) < 4.78 is 2.39. The van der Waals surface area contributed by atoms with Gasteiger partial charge < -0.3 is 10.4 Å². The van der Waals surface area contributed by atoms with E-state index < -0.39 is 6.10 Å². The number of aliphatic hydroxyl groups excluding tert-OH is 1. The zero-order chi connectivity index (χ0) is 12.8. The molecule has 0 aliphatic heterocycles. The minimum Gasteiger partial charge on any atom is -0.393 e. The number of aromatic nitrogens is 3. The lowest BCUT2D eigenvalue weighted by atomic mass is 10.2. The summed E-state index contributed by atoms with van der Waals surface area (Å²) in [7, 11) is 1.57. The topological polar surface area (TPSA) is 89.2 Å². The van der Waals surface area contributed by atoms with Gasteiger partial charge in [0, 0.05) is 13.6 Å². The standard InChI is InChI=1S/C10H18N4O3/c1-3-8(15)4-5-11-9(16)6-14-10(17)13(2)7-12-14/h7-8,15H,3-6H2,1-2H3,(H,11,16). The maximum Gasteiger partial charge on any atom is 0.345 e. The van der Waals surface area contributed by atoms with Gasteiger partial charge in [-0.1, -0.05) is 6.92 Å². The fourth-order valence-corrected chi connectivity index (χ4v) is 1.30. The Balaban J connectivity index is 2.35. The summed E-state index contributed by atoms with van der Waals surface area (Å²) in [5, 5.41) is 15.7. The molecule has 7 heteroatoms. The summed E-state index contributed by atoms with van der Waals surface area (Å²) in [5.41, 5.74) is -0.325. The van der Waals surface area contributed by atoms with E-state index in [1.165, 1.54) is 10.9 Å². The fourth-order valence-electron chi connectivity index (χ4n) is 1.30. The van der Waals surface area contributed by atoms with E-state index in [1.807, 2.05) is 6.92 Å². The Morgan fingerprint density at radius 1 is 1.65 bits per heavy atom. The van der Waals surface area contributed by atoms with Crippen molar-refractivity contribution in [1.29, 1.82) is 0 Å². The highest BCUT2D eigenvalue weighted by Crippen LogP contribution is 1.94. The van der Waals surface area contributed by atoms with Gasteiger partial charge in [-0.2, -0.15) is 5.10 Å². The van der Waals surface area contributed by atoms with Crippen molar-refractivity contribution in [2.24, 2.45) is 7.05 Å². The zero-order valence-corrected chi connectivity index (χ0v) is 10.1. The number of hydrogen-bond donors (Lipinski definition) is 2. The Morgan fingerprint density at radius 2 is 2.35 bits per heavy atom. The number of hydrogen-bond acceptors (Lipinski definition) is 4. The quantitative estimate of drug-likeness (QED) is 0.660. The first kappa shape index (κ1) is 13.4. The molecule has 17 heavy (non-hydrogen) atoms. The fraction of sp³-hybridized carbons (Fsp3) is 0.700. The van der Waals surface area contributed by atoms with Gasteiger partial charge in [-0.3, -0.25) is 9.36 Å². The largest absolute Gasteiger partial charge is 0.393 e. The van der Waals surface area contributed by atoms with E-state index in [1.54, 1.807) is 7.05 Å². The van der Waals surface area contributed by atoms with Gasteiger partial charge >= 0.3 is 5.69 Å². The lowest BCUT2D eigenvalue weighted by Crippen LogP contribution is -2.34. The highest BCUT2D eigenvalue weighted by molar-refractivity contribution is 5.75. The van der Waals surface area contributed by atoms with E-state index in [4.69, 9.17) is 0 Å². The van der Waals surface area contributed by atoms with Gasteiger partial charge in [0.25, 0.3) is 0 Å². The van der Waals surface area contributed by atoms with E-state index >= 15 is 0 Å². The molecular formula is C10H18N4O3. The average molecular weight is 242 g/mol. The SMILES string of the molecule is CCC(O)CCNC(=O)Cn1ncn(C)c1=O. The Morgan fingerprint density at radius 3 is 2.88 bits per heavy atom. The third-order valence-electron chi connectivity index (χ3n) is 2.45. The molecule has 0 saturated carbocycles. The third-order valence-corrected chi connectivity index (χ3v) is 2.45. The first-order chi connectivity index (χ1) is 8.04. The highest BCUT2D eigenvalue weighted by Gasteiger charge is 2.08. The number of carbonyl (C=O) groups excluding carboxylic acids is 1. The molecule has 1 amide bonds. The van der Waals surface area contributed by atoms with Crippen LogP contribution in [0, 0.1) is 0 Å². The van der Waals surface area contributed by atoms with Gasteiger partial charge in [-0.15, -0.1) is 0 Å². The van der Waals surface area contributed by atoms with Crippen LogP contribution in [0.25, 0.3) is 0 Å². The van der Waals surface area contributed by atoms with Gasteiger partial charge in [-0.05, 0) is 12.8 Å². The van der Waals surface area contributed by atoms with Crippen LogP contribution in [0.1, 0.15) is 19.8 Å². The molecule has 2 N–H and O–H groups in total. The Kier molecular flexibility index (Phi) is 4.89. The normalized spacial score (nSPS) is 12.4. The average Bonchev–Trinajstić information content (AvgIpc) is 2.60. The van der Waals surface area contributed by atoms with Crippen LogP contribution < -0.4 is 11.0 Å². The lowest BCUT2D eigenvalue weighted by Gasteiger charge is -2.08. The van der Waals surface area contributed by atoms with Crippen LogP contribution in [0.15, 0.2) is 11.1 Å². The van der Waals surface area contributed by atoms with E-state index in [-0.39, 0.29) is 18.1 Å². The predicted octanol–water partition coefficient (Wildman–Crippen LogP) is -1.14. The molecule has 7 nitrogen and oxygen atoms in total. The molecule has 0 saturated heterocycles. The summed E-state index contributed by atoms with van der Waals surface area (Å²) in [6, 6.07) is 0. The second-order valence-electron chi connectivity index (χ2n) is 3.88. The molecule has 0 spiro atoms. The summed E-state index contributed by atoms with van der Waals surface area (Å²) >= 11 is 0. The number of aliphatic hydroxyl groups is 1. The molecule has 1 heterocycles. The number of aryl methyl sites for hydroxylation is 1. The molecule has 0 aliphatic carbocycles. The summed E-state index contributed by atoms with van der Waals surface area (Å²) in [4.78, 5) is 22.8. The van der Waals surface area contributed by atoms with Crippen molar-refractivity contribution in [2.45, 2.75) is 32.4 Å². The molecule has 1 aromatic rings. The smallest absolute Gasteiger partial charge is 0.345 e. The molecule has 0 fully saturated rings. The third kappa shape index (κ3) is 4.03. The molecule has 0 aliphatic rings. The van der Waals surface area contributed by atoms with Gasteiger partial charge in [-0.25, -0.2) is 9.48 Å². The molecule has 0 aromatic carbocycles. The summed E-state index contributed by atoms with van der Waals surface area (Å²) in [6.07, 6.45) is 2.14. The van der Waals surface area contributed by atoms with Crippen LogP contribution in [0.4, 0.5) is 0 Å². The number of amides is 1. The maximum absolute atomic E-state index is 11.4. The molecule has 1 rings (SSSR count). The Labute approximate surface area is 99.1 Å². The number of nitrogens with zero attached hydrogens (tertiary/aromatic N) is 3.